The molecular weight excluding hydrogens is 452 g/mol. The molecule has 0 bridgehead atoms. The first-order chi connectivity index (χ1) is 16.5. The van der Waals surface area contributed by atoms with E-state index in [1.807, 2.05) is 39.0 Å². The summed E-state index contributed by atoms with van der Waals surface area (Å²) in [6.45, 7) is 9.22. The summed E-state index contributed by atoms with van der Waals surface area (Å²) in [5, 5.41) is 38.8. The molecule has 1 heterocycles. The Kier molecular flexibility index (Phi) is 10.4. The number of methoxy groups -OCH3 is 1. The van der Waals surface area contributed by atoms with Gasteiger partial charge in [0.05, 0.1) is 13.7 Å². The third-order valence-electron chi connectivity index (χ3n) is 5.99. The van der Waals surface area contributed by atoms with Crippen LogP contribution < -0.4 is 4.74 Å². The predicted molar refractivity (Wildman–Crippen MR) is 133 cm³/mol. The number of aliphatic hydroxyl groups is 4. The zero-order valence-electron chi connectivity index (χ0n) is 21.1. The van der Waals surface area contributed by atoms with Gasteiger partial charge in [0.15, 0.2) is 0 Å². The molecule has 1 aliphatic rings. The molecule has 1 aromatic rings. The monoisotopic (exact) mass is 488 g/mol. The van der Waals surface area contributed by atoms with Gasteiger partial charge in [0, 0.05) is 6.08 Å². The quantitative estimate of drug-likeness (QED) is 0.250. The van der Waals surface area contributed by atoms with Crippen molar-refractivity contribution in [1.82, 2.24) is 0 Å². The standard InChI is InChI=1S/C27H36O8/c1-15(10-11-20-17(3)13-21(33-6)19(5)18(20)4)8-7-9-16(2)12-23(29)35-27-26(32)25(31)24(30)22(14-28)34-27/h7-13,22,24-28,30-32H,14H2,1-6H3/b9-7+,11-10+,15-8+,16-12+/t22-,24-,25+,26-,27+/m1/s1. The van der Waals surface area contributed by atoms with Crippen LogP contribution in [-0.2, 0) is 14.3 Å². The van der Waals surface area contributed by atoms with E-state index in [1.54, 1.807) is 26.2 Å². The smallest absolute Gasteiger partial charge is 0.333 e. The fourth-order valence-electron chi connectivity index (χ4n) is 3.70. The molecule has 0 aliphatic carbocycles. The molecule has 2 rings (SSSR count). The van der Waals surface area contributed by atoms with E-state index in [0.29, 0.717) is 5.57 Å². The van der Waals surface area contributed by atoms with E-state index in [-0.39, 0.29) is 0 Å². The van der Waals surface area contributed by atoms with Crippen LogP contribution in [0.3, 0.4) is 0 Å². The number of carbonyl (C=O) groups is 1. The Morgan fingerprint density at radius 1 is 1.03 bits per heavy atom. The third kappa shape index (κ3) is 7.37. The maximum atomic E-state index is 12.2. The first-order valence-corrected chi connectivity index (χ1v) is 11.4. The molecule has 0 spiro atoms. The summed E-state index contributed by atoms with van der Waals surface area (Å²) in [6, 6.07) is 2.03. The summed E-state index contributed by atoms with van der Waals surface area (Å²) in [5.41, 5.74) is 6.14. The minimum atomic E-state index is -1.64. The van der Waals surface area contributed by atoms with Gasteiger partial charge in [0.25, 0.3) is 0 Å². The maximum absolute atomic E-state index is 12.2. The van der Waals surface area contributed by atoms with Gasteiger partial charge in [-0.2, -0.15) is 0 Å². The van der Waals surface area contributed by atoms with Crippen molar-refractivity contribution < 1.29 is 39.4 Å². The van der Waals surface area contributed by atoms with Gasteiger partial charge in [-0.1, -0.05) is 36.0 Å². The van der Waals surface area contributed by atoms with Crippen molar-refractivity contribution in [3.05, 3.63) is 69.8 Å². The van der Waals surface area contributed by atoms with Crippen molar-refractivity contribution in [3.8, 4) is 5.75 Å². The van der Waals surface area contributed by atoms with Gasteiger partial charge in [0.1, 0.15) is 30.2 Å². The minimum Gasteiger partial charge on any atom is -0.496 e. The summed E-state index contributed by atoms with van der Waals surface area (Å²) in [6.07, 6.45) is 3.29. The van der Waals surface area contributed by atoms with E-state index in [0.717, 1.165) is 33.6 Å². The van der Waals surface area contributed by atoms with E-state index in [9.17, 15) is 25.2 Å². The fraction of sp³-hybridized carbons (Fsp3) is 0.444. The number of rotatable bonds is 8. The zero-order chi connectivity index (χ0) is 26.3. The van der Waals surface area contributed by atoms with Gasteiger partial charge in [-0.15, -0.1) is 0 Å². The Morgan fingerprint density at radius 2 is 1.71 bits per heavy atom. The first-order valence-electron chi connectivity index (χ1n) is 11.4. The van der Waals surface area contributed by atoms with Crippen LogP contribution in [0.25, 0.3) is 6.08 Å². The van der Waals surface area contributed by atoms with Crippen LogP contribution >= 0.6 is 0 Å². The predicted octanol–water partition coefficient (Wildman–Crippen LogP) is 2.43. The molecule has 1 aliphatic heterocycles. The summed E-state index contributed by atoms with van der Waals surface area (Å²) in [5.74, 6) is 0.0811. The molecule has 1 saturated heterocycles. The topological polar surface area (TPSA) is 126 Å². The highest BCUT2D eigenvalue weighted by atomic mass is 16.7. The van der Waals surface area contributed by atoms with Crippen molar-refractivity contribution in [2.45, 2.75) is 65.3 Å². The molecular formula is C27H36O8. The van der Waals surface area contributed by atoms with Crippen LogP contribution in [0.4, 0.5) is 0 Å². The molecule has 35 heavy (non-hydrogen) atoms. The molecule has 5 atom stereocenters. The molecule has 0 amide bonds. The molecule has 8 nitrogen and oxygen atoms in total. The average molecular weight is 489 g/mol. The number of ether oxygens (including phenoxy) is 3. The Balaban J connectivity index is 2.01. The highest BCUT2D eigenvalue weighted by Gasteiger charge is 2.45. The lowest BCUT2D eigenvalue weighted by Gasteiger charge is -2.38. The van der Waals surface area contributed by atoms with Crippen LogP contribution in [0.5, 0.6) is 5.75 Å². The molecule has 0 saturated carbocycles. The minimum absolute atomic E-state index is 0.588. The van der Waals surface area contributed by atoms with E-state index >= 15 is 0 Å². The number of aryl methyl sites for hydroxylation is 1. The third-order valence-corrected chi connectivity index (χ3v) is 5.99. The number of hydrogen-bond donors (Lipinski definition) is 4. The number of allylic oxidation sites excluding steroid dienone is 6. The van der Waals surface area contributed by atoms with E-state index in [1.165, 1.54) is 6.08 Å². The van der Waals surface area contributed by atoms with Crippen LogP contribution in [0.15, 0.2) is 47.6 Å². The second-order valence-electron chi connectivity index (χ2n) is 8.69. The second-order valence-corrected chi connectivity index (χ2v) is 8.69. The van der Waals surface area contributed by atoms with Crippen molar-refractivity contribution in [3.63, 3.8) is 0 Å². The van der Waals surface area contributed by atoms with Crippen LogP contribution in [0, 0.1) is 20.8 Å². The Bertz CT molecular complexity index is 1020. The largest absolute Gasteiger partial charge is 0.496 e. The SMILES string of the molecule is COc1cc(C)c(/C=C/C(C)=C/C=C/C(C)=C/C(=O)O[C@@H]2O[C@H](CO)[C@@H](O)[C@H](O)[C@H]2O)c(C)c1C. The molecule has 0 aromatic heterocycles. The van der Waals surface area contributed by atoms with Crippen LogP contribution in [0.2, 0.25) is 0 Å². The van der Waals surface area contributed by atoms with Gasteiger partial charge in [-0.3, -0.25) is 0 Å². The van der Waals surface area contributed by atoms with Crippen molar-refractivity contribution in [2.75, 3.05) is 13.7 Å². The van der Waals surface area contributed by atoms with Gasteiger partial charge in [0.2, 0.25) is 6.29 Å². The fourth-order valence-corrected chi connectivity index (χ4v) is 3.70. The van der Waals surface area contributed by atoms with Crippen molar-refractivity contribution >= 4 is 12.0 Å². The molecule has 8 heteroatoms. The lowest BCUT2D eigenvalue weighted by molar-refractivity contribution is -0.291. The Hall–Kier alpha value is -2.75. The van der Waals surface area contributed by atoms with Gasteiger partial charge in [-0.25, -0.2) is 4.79 Å². The molecule has 1 fully saturated rings. The first kappa shape index (κ1) is 28.5. The molecule has 192 valence electrons. The molecule has 0 radical (unpaired) electrons. The Labute approximate surface area is 206 Å². The lowest BCUT2D eigenvalue weighted by atomic mass is 9.96. The van der Waals surface area contributed by atoms with Crippen LogP contribution in [0.1, 0.15) is 36.1 Å². The second kappa shape index (κ2) is 12.8. The number of esters is 1. The van der Waals surface area contributed by atoms with Gasteiger partial charge < -0.3 is 34.6 Å². The number of carbonyl (C=O) groups excluding carboxylic acids is 1. The summed E-state index contributed by atoms with van der Waals surface area (Å²) >= 11 is 0. The molecule has 4 N–H and O–H groups in total. The van der Waals surface area contributed by atoms with Gasteiger partial charge in [-0.05, 0) is 68.5 Å². The van der Waals surface area contributed by atoms with Crippen LogP contribution in [-0.4, -0.2) is 70.8 Å². The maximum Gasteiger partial charge on any atom is 0.333 e. The summed E-state index contributed by atoms with van der Waals surface area (Å²) in [7, 11) is 1.67. The zero-order valence-corrected chi connectivity index (χ0v) is 21.1. The average Bonchev–Trinajstić information content (AvgIpc) is 2.81. The number of hydrogen-bond acceptors (Lipinski definition) is 8. The van der Waals surface area contributed by atoms with Crippen molar-refractivity contribution in [1.29, 1.82) is 0 Å². The summed E-state index contributed by atoms with van der Waals surface area (Å²) in [4.78, 5) is 12.2. The van der Waals surface area contributed by atoms with E-state index < -0.39 is 43.3 Å². The molecule has 1 aromatic carbocycles. The highest BCUT2D eigenvalue weighted by molar-refractivity contribution is 5.83. The van der Waals surface area contributed by atoms with E-state index in [2.05, 4.69) is 13.0 Å². The van der Waals surface area contributed by atoms with Crippen molar-refractivity contribution in [2.24, 2.45) is 0 Å². The summed E-state index contributed by atoms with van der Waals surface area (Å²) < 4.78 is 15.6. The lowest BCUT2D eigenvalue weighted by Crippen LogP contribution is -2.59. The highest BCUT2D eigenvalue weighted by Crippen LogP contribution is 2.28. The molecule has 0 unspecified atom stereocenters. The van der Waals surface area contributed by atoms with Gasteiger partial charge >= 0.3 is 5.97 Å². The van der Waals surface area contributed by atoms with E-state index in [4.69, 9.17) is 14.2 Å². The number of benzene rings is 1. The number of aliphatic hydroxyl groups excluding tert-OH is 4. The normalized spacial score (nSPS) is 25.9. The Morgan fingerprint density at radius 3 is 2.34 bits per heavy atom.